The van der Waals surface area contributed by atoms with Crippen LogP contribution < -0.4 is 10.2 Å². The summed E-state index contributed by atoms with van der Waals surface area (Å²) in [6, 6.07) is 9.25. The fraction of sp³-hybridized carbons (Fsp3) is 0.467. The monoisotopic (exact) mass is 230 g/mol. The van der Waals surface area contributed by atoms with E-state index in [2.05, 4.69) is 54.4 Å². The number of nitrogens with one attached hydrogen (secondary N) is 1. The minimum Gasteiger partial charge on any atom is -0.367 e. The molecule has 1 unspecified atom stereocenters. The number of allylic oxidation sites excluding steroid dienone is 1. The smallest absolute Gasteiger partial charge is 0.0417 e. The Hall–Kier alpha value is -1.28. The lowest BCUT2D eigenvalue weighted by molar-refractivity contribution is 0.523. The van der Waals surface area contributed by atoms with Gasteiger partial charge in [-0.3, -0.25) is 0 Å². The second-order valence-electron chi connectivity index (χ2n) is 4.92. The first-order valence-corrected chi connectivity index (χ1v) is 6.37. The van der Waals surface area contributed by atoms with Crippen molar-refractivity contribution in [3.8, 4) is 0 Å². The molecule has 17 heavy (non-hydrogen) atoms. The van der Waals surface area contributed by atoms with E-state index in [1.807, 2.05) is 7.05 Å². The van der Waals surface area contributed by atoms with Crippen molar-refractivity contribution in [1.82, 2.24) is 5.32 Å². The van der Waals surface area contributed by atoms with Crippen molar-refractivity contribution >= 4 is 5.69 Å². The van der Waals surface area contributed by atoms with Crippen molar-refractivity contribution in [3.05, 3.63) is 41.5 Å². The molecule has 0 aromatic heterocycles. The second kappa shape index (κ2) is 5.37. The quantitative estimate of drug-likeness (QED) is 0.803. The standard InChI is InChI=1S/C15H22N2/c1-12(2)8-10-17-11-9-14(16-3)13-6-4-5-7-15(13)17/h4-8,14,16H,9-11H2,1-3H3. The topological polar surface area (TPSA) is 15.3 Å². The lowest BCUT2D eigenvalue weighted by Gasteiger charge is -2.35. The van der Waals surface area contributed by atoms with Gasteiger partial charge in [0.15, 0.2) is 0 Å². The third-order valence-electron chi connectivity index (χ3n) is 3.41. The molecule has 0 aliphatic carbocycles. The van der Waals surface area contributed by atoms with Crippen LogP contribution in [0.1, 0.15) is 31.9 Å². The van der Waals surface area contributed by atoms with E-state index in [0.29, 0.717) is 6.04 Å². The van der Waals surface area contributed by atoms with Crippen molar-refractivity contribution in [3.63, 3.8) is 0 Å². The van der Waals surface area contributed by atoms with Gasteiger partial charge in [-0.15, -0.1) is 0 Å². The first-order valence-electron chi connectivity index (χ1n) is 6.37. The van der Waals surface area contributed by atoms with E-state index in [0.717, 1.165) is 13.1 Å². The van der Waals surface area contributed by atoms with Gasteiger partial charge in [0.1, 0.15) is 0 Å². The molecule has 0 saturated heterocycles. The molecule has 2 nitrogen and oxygen atoms in total. The molecule has 0 amide bonds. The molecule has 0 saturated carbocycles. The highest BCUT2D eigenvalue weighted by atomic mass is 15.1. The lowest BCUT2D eigenvalue weighted by Crippen LogP contribution is -2.34. The van der Waals surface area contributed by atoms with E-state index in [4.69, 9.17) is 0 Å². The predicted octanol–water partition coefficient (Wildman–Crippen LogP) is 3.12. The maximum Gasteiger partial charge on any atom is 0.0417 e. The van der Waals surface area contributed by atoms with Crippen LogP contribution in [0.2, 0.25) is 0 Å². The van der Waals surface area contributed by atoms with Crippen LogP contribution in [0.15, 0.2) is 35.9 Å². The summed E-state index contributed by atoms with van der Waals surface area (Å²) in [6.07, 6.45) is 3.49. The maximum absolute atomic E-state index is 3.40. The van der Waals surface area contributed by atoms with E-state index in [1.165, 1.54) is 23.2 Å². The van der Waals surface area contributed by atoms with Crippen molar-refractivity contribution in [2.45, 2.75) is 26.3 Å². The van der Waals surface area contributed by atoms with Crippen LogP contribution in [0.25, 0.3) is 0 Å². The summed E-state index contributed by atoms with van der Waals surface area (Å²) in [5.74, 6) is 0. The number of hydrogen-bond donors (Lipinski definition) is 1. The van der Waals surface area contributed by atoms with E-state index < -0.39 is 0 Å². The highest BCUT2D eigenvalue weighted by Crippen LogP contribution is 2.33. The van der Waals surface area contributed by atoms with Gasteiger partial charge >= 0.3 is 0 Å². The van der Waals surface area contributed by atoms with Gasteiger partial charge in [0.25, 0.3) is 0 Å². The van der Waals surface area contributed by atoms with Crippen molar-refractivity contribution < 1.29 is 0 Å². The number of rotatable bonds is 3. The summed E-state index contributed by atoms with van der Waals surface area (Å²) < 4.78 is 0. The summed E-state index contributed by atoms with van der Waals surface area (Å²) in [7, 11) is 2.05. The zero-order chi connectivity index (χ0) is 12.3. The van der Waals surface area contributed by atoms with Gasteiger partial charge in [0, 0.05) is 24.8 Å². The number of benzene rings is 1. The zero-order valence-corrected chi connectivity index (χ0v) is 11.0. The summed E-state index contributed by atoms with van der Waals surface area (Å²) in [4.78, 5) is 2.47. The van der Waals surface area contributed by atoms with Gasteiger partial charge in [-0.2, -0.15) is 0 Å². The molecule has 1 heterocycles. The number of fused-ring (bicyclic) bond motifs is 1. The van der Waals surface area contributed by atoms with E-state index in [9.17, 15) is 0 Å². The molecule has 1 atom stereocenters. The van der Waals surface area contributed by atoms with Crippen LogP contribution >= 0.6 is 0 Å². The van der Waals surface area contributed by atoms with Crippen molar-refractivity contribution in [2.75, 3.05) is 25.0 Å². The third kappa shape index (κ3) is 2.70. The lowest BCUT2D eigenvalue weighted by atomic mass is 9.96. The van der Waals surface area contributed by atoms with Gasteiger partial charge in [-0.1, -0.05) is 29.8 Å². The van der Waals surface area contributed by atoms with Crippen molar-refractivity contribution in [1.29, 1.82) is 0 Å². The fourth-order valence-corrected chi connectivity index (χ4v) is 2.41. The van der Waals surface area contributed by atoms with Crippen LogP contribution in [0.5, 0.6) is 0 Å². The third-order valence-corrected chi connectivity index (χ3v) is 3.41. The van der Waals surface area contributed by atoms with Gasteiger partial charge in [0.2, 0.25) is 0 Å². The fourth-order valence-electron chi connectivity index (χ4n) is 2.41. The largest absolute Gasteiger partial charge is 0.367 e. The maximum atomic E-state index is 3.40. The van der Waals surface area contributed by atoms with Crippen LogP contribution in [0, 0.1) is 0 Å². The van der Waals surface area contributed by atoms with E-state index >= 15 is 0 Å². The summed E-state index contributed by atoms with van der Waals surface area (Å²) in [5, 5.41) is 3.40. The van der Waals surface area contributed by atoms with Crippen LogP contribution in [-0.2, 0) is 0 Å². The van der Waals surface area contributed by atoms with Crippen LogP contribution in [0.3, 0.4) is 0 Å². The molecule has 1 aromatic carbocycles. The Labute approximate surface area is 104 Å². The van der Waals surface area contributed by atoms with Gasteiger partial charge in [-0.05, 0) is 38.9 Å². The number of hydrogen-bond acceptors (Lipinski definition) is 2. The summed E-state index contributed by atoms with van der Waals surface area (Å²) in [5.41, 5.74) is 4.21. The second-order valence-corrected chi connectivity index (χ2v) is 4.92. The van der Waals surface area contributed by atoms with Gasteiger partial charge in [-0.25, -0.2) is 0 Å². The Morgan fingerprint density at radius 2 is 2.18 bits per heavy atom. The highest BCUT2D eigenvalue weighted by molar-refractivity contribution is 5.57. The molecule has 0 radical (unpaired) electrons. The Balaban J connectivity index is 2.25. The molecule has 2 rings (SSSR count). The molecular formula is C15H22N2. The summed E-state index contributed by atoms with van der Waals surface area (Å²) in [6.45, 7) is 6.47. The average molecular weight is 230 g/mol. The number of nitrogens with zero attached hydrogens (tertiary/aromatic N) is 1. The SMILES string of the molecule is CNC1CCN(CC=C(C)C)c2ccccc21. The molecule has 92 valence electrons. The molecule has 1 aromatic rings. The molecule has 0 bridgehead atoms. The van der Waals surface area contributed by atoms with Crippen molar-refractivity contribution in [2.24, 2.45) is 0 Å². The Kier molecular flexibility index (Phi) is 3.85. The first kappa shape index (κ1) is 12.2. The Bertz CT molecular complexity index is 405. The molecular weight excluding hydrogens is 208 g/mol. The molecule has 0 fully saturated rings. The van der Waals surface area contributed by atoms with Gasteiger partial charge in [0.05, 0.1) is 0 Å². The Morgan fingerprint density at radius 1 is 1.41 bits per heavy atom. The van der Waals surface area contributed by atoms with Crippen LogP contribution in [-0.4, -0.2) is 20.1 Å². The van der Waals surface area contributed by atoms with E-state index in [1.54, 1.807) is 0 Å². The average Bonchev–Trinajstić information content (AvgIpc) is 2.35. The number of anilines is 1. The van der Waals surface area contributed by atoms with Crippen LogP contribution in [0.4, 0.5) is 5.69 Å². The first-order chi connectivity index (χ1) is 8.22. The highest BCUT2D eigenvalue weighted by Gasteiger charge is 2.22. The minimum atomic E-state index is 0.508. The van der Waals surface area contributed by atoms with Gasteiger partial charge < -0.3 is 10.2 Å². The molecule has 0 spiro atoms. The molecule has 1 aliphatic rings. The normalized spacial score (nSPS) is 18.8. The zero-order valence-electron chi connectivity index (χ0n) is 11.0. The minimum absolute atomic E-state index is 0.508. The Morgan fingerprint density at radius 3 is 2.88 bits per heavy atom. The summed E-state index contributed by atoms with van der Waals surface area (Å²) >= 11 is 0. The number of para-hydroxylation sites is 1. The van der Waals surface area contributed by atoms with E-state index in [-0.39, 0.29) is 0 Å². The molecule has 1 aliphatic heterocycles. The molecule has 2 heteroatoms. The molecule has 1 N–H and O–H groups in total. The predicted molar refractivity (Wildman–Crippen MR) is 74.5 cm³/mol.